The molecule has 0 saturated heterocycles. The first-order chi connectivity index (χ1) is 10.1. The third-order valence-electron chi connectivity index (χ3n) is 2.88. The summed E-state index contributed by atoms with van der Waals surface area (Å²) >= 11 is 0. The van der Waals surface area contributed by atoms with Crippen LogP contribution in [0.15, 0.2) is 60.8 Å². The summed E-state index contributed by atoms with van der Waals surface area (Å²) in [5.41, 5.74) is 2.23. The van der Waals surface area contributed by atoms with E-state index in [1.807, 2.05) is 19.1 Å². The van der Waals surface area contributed by atoms with E-state index in [-0.39, 0.29) is 11.5 Å². The molecule has 0 amide bonds. The SMILES string of the molecule is Cc1ccc(C(=O)/C=C\Nc2cccc([N+](=O)[O-])c2)cc1. The van der Waals surface area contributed by atoms with Gasteiger partial charge in [0.15, 0.2) is 5.78 Å². The smallest absolute Gasteiger partial charge is 0.271 e. The number of nitro groups is 1. The number of carbonyl (C=O) groups is 1. The Balaban J connectivity index is 2.02. The van der Waals surface area contributed by atoms with Crippen LogP contribution in [0.5, 0.6) is 0 Å². The molecule has 0 fully saturated rings. The normalized spacial score (nSPS) is 10.5. The lowest BCUT2D eigenvalue weighted by Crippen LogP contribution is -1.96. The van der Waals surface area contributed by atoms with Gasteiger partial charge in [-0.05, 0) is 13.0 Å². The number of benzene rings is 2. The maximum atomic E-state index is 11.9. The molecule has 0 aliphatic heterocycles. The lowest BCUT2D eigenvalue weighted by Gasteiger charge is -2.00. The van der Waals surface area contributed by atoms with Gasteiger partial charge < -0.3 is 5.32 Å². The summed E-state index contributed by atoms with van der Waals surface area (Å²) in [4.78, 5) is 22.1. The van der Waals surface area contributed by atoms with Crippen LogP contribution in [0.4, 0.5) is 11.4 Å². The van der Waals surface area contributed by atoms with E-state index >= 15 is 0 Å². The Morgan fingerprint density at radius 2 is 1.90 bits per heavy atom. The zero-order valence-corrected chi connectivity index (χ0v) is 11.4. The number of non-ortho nitro benzene ring substituents is 1. The zero-order valence-electron chi connectivity index (χ0n) is 11.4. The molecule has 0 radical (unpaired) electrons. The van der Waals surface area contributed by atoms with E-state index < -0.39 is 4.92 Å². The summed E-state index contributed by atoms with van der Waals surface area (Å²) in [6, 6.07) is 13.3. The van der Waals surface area contributed by atoms with Crippen LogP contribution in [0.1, 0.15) is 15.9 Å². The highest BCUT2D eigenvalue weighted by atomic mass is 16.6. The van der Waals surface area contributed by atoms with Crippen LogP contribution in [0.2, 0.25) is 0 Å². The first-order valence-corrected chi connectivity index (χ1v) is 6.35. The predicted molar refractivity (Wildman–Crippen MR) is 81.4 cm³/mol. The highest BCUT2D eigenvalue weighted by Gasteiger charge is 2.04. The minimum Gasteiger partial charge on any atom is -0.361 e. The molecule has 0 spiro atoms. The average molecular weight is 282 g/mol. The number of nitro benzene ring substituents is 1. The first kappa shape index (κ1) is 14.5. The minimum atomic E-state index is -0.466. The summed E-state index contributed by atoms with van der Waals surface area (Å²) in [6.45, 7) is 1.95. The molecule has 106 valence electrons. The second-order valence-electron chi connectivity index (χ2n) is 4.52. The largest absolute Gasteiger partial charge is 0.361 e. The number of carbonyl (C=O) groups excluding carboxylic acids is 1. The maximum absolute atomic E-state index is 11.9. The molecule has 0 atom stereocenters. The Labute approximate surface area is 122 Å². The number of hydrogen-bond donors (Lipinski definition) is 1. The van der Waals surface area contributed by atoms with Crippen molar-refractivity contribution in [3.8, 4) is 0 Å². The number of allylic oxidation sites excluding steroid dienone is 1. The maximum Gasteiger partial charge on any atom is 0.271 e. The molecule has 21 heavy (non-hydrogen) atoms. The fraction of sp³-hybridized carbons (Fsp3) is 0.0625. The molecule has 1 N–H and O–H groups in total. The van der Waals surface area contributed by atoms with Gasteiger partial charge in [0.2, 0.25) is 0 Å². The molecule has 0 bridgehead atoms. The Morgan fingerprint density at radius 3 is 2.57 bits per heavy atom. The predicted octanol–water partition coefficient (Wildman–Crippen LogP) is 3.71. The van der Waals surface area contributed by atoms with Gasteiger partial charge in [-0.25, -0.2) is 0 Å². The lowest BCUT2D eigenvalue weighted by molar-refractivity contribution is -0.384. The summed E-state index contributed by atoms with van der Waals surface area (Å²) in [5, 5.41) is 13.5. The van der Waals surface area contributed by atoms with E-state index in [2.05, 4.69) is 5.32 Å². The lowest BCUT2D eigenvalue weighted by atomic mass is 10.1. The number of rotatable bonds is 5. The molecular formula is C16H14N2O3. The van der Waals surface area contributed by atoms with E-state index in [0.717, 1.165) is 5.56 Å². The third-order valence-corrected chi connectivity index (χ3v) is 2.88. The van der Waals surface area contributed by atoms with E-state index in [1.165, 1.54) is 24.4 Å². The van der Waals surface area contributed by atoms with E-state index in [9.17, 15) is 14.9 Å². The number of anilines is 1. The van der Waals surface area contributed by atoms with Gasteiger partial charge in [0.25, 0.3) is 5.69 Å². The number of aryl methyl sites for hydroxylation is 1. The van der Waals surface area contributed by atoms with Crippen LogP contribution < -0.4 is 5.32 Å². The fourth-order valence-electron chi connectivity index (χ4n) is 1.74. The number of hydrogen-bond acceptors (Lipinski definition) is 4. The molecule has 0 aliphatic carbocycles. The van der Waals surface area contributed by atoms with Crippen molar-refractivity contribution < 1.29 is 9.72 Å². The molecule has 0 aromatic heterocycles. The van der Waals surface area contributed by atoms with Crippen LogP contribution in [0.3, 0.4) is 0 Å². The minimum absolute atomic E-state index is 0.00161. The van der Waals surface area contributed by atoms with Gasteiger partial charge in [0.05, 0.1) is 4.92 Å². The van der Waals surface area contributed by atoms with Crippen molar-refractivity contribution >= 4 is 17.2 Å². The summed E-state index contributed by atoms with van der Waals surface area (Å²) in [5.74, 6) is -0.132. The van der Waals surface area contributed by atoms with Crippen LogP contribution in [-0.2, 0) is 0 Å². The van der Waals surface area contributed by atoms with Crippen molar-refractivity contribution in [2.45, 2.75) is 6.92 Å². The van der Waals surface area contributed by atoms with Crippen LogP contribution >= 0.6 is 0 Å². The van der Waals surface area contributed by atoms with Gasteiger partial charge in [0, 0.05) is 35.7 Å². The molecule has 0 heterocycles. The monoisotopic (exact) mass is 282 g/mol. The Bertz CT molecular complexity index is 691. The van der Waals surface area contributed by atoms with Crippen molar-refractivity contribution in [3.05, 3.63) is 82.0 Å². The standard InChI is InChI=1S/C16H14N2O3/c1-12-5-7-13(8-6-12)16(19)9-10-17-14-3-2-4-15(11-14)18(20)21/h2-11,17H,1H3/b10-9-. The van der Waals surface area contributed by atoms with E-state index in [4.69, 9.17) is 0 Å². The topological polar surface area (TPSA) is 72.2 Å². The first-order valence-electron chi connectivity index (χ1n) is 6.35. The second-order valence-corrected chi connectivity index (χ2v) is 4.52. The summed E-state index contributed by atoms with van der Waals surface area (Å²) < 4.78 is 0. The fourth-order valence-corrected chi connectivity index (χ4v) is 1.74. The third kappa shape index (κ3) is 4.01. The van der Waals surface area contributed by atoms with Gasteiger partial charge in [0.1, 0.15) is 0 Å². The second kappa shape index (κ2) is 6.47. The Morgan fingerprint density at radius 1 is 1.19 bits per heavy atom. The number of nitrogens with one attached hydrogen (secondary N) is 1. The van der Waals surface area contributed by atoms with Crippen molar-refractivity contribution in [1.29, 1.82) is 0 Å². The van der Waals surface area contributed by atoms with Crippen LogP contribution in [0.25, 0.3) is 0 Å². The number of nitrogens with zero attached hydrogens (tertiary/aromatic N) is 1. The van der Waals surface area contributed by atoms with Gasteiger partial charge in [-0.2, -0.15) is 0 Å². The van der Waals surface area contributed by atoms with Gasteiger partial charge in [-0.3, -0.25) is 14.9 Å². The highest BCUT2D eigenvalue weighted by Crippen LogP contribution is 2.16. The summed E-state index contributed by atoms with van der Waals surface area (Å²) in [7, 11) is 0. The molecular weight excluding hydrogens is 268 g/mol. The van der Waals surface area contributed by atoms with Crippen molar-refractivity contribution in [2.75, 3.05) is 5.32 Å². The van der Waals surface area contributed by atoms with E-state index in [0.29, 0.717) is 11.3 Å². The van der Waals surface area contributed by atoms with Crippen molar-refractivity contribution in [2.24, 2.45) is 0 Å². The van der Waals surface area contributed by atoms with E-state index in [1.54, 1.807) is 24.3 Å². The highest BCUT2D eigenvalue weighted by molar-refractivity contribution is 6.04. The van der Waals surface area contributed by atoms with Crippen molar-refractivity contribution in [1.82, 2.24) is 0 Å². The summed E-state index contributed by atoms with van der Waals surface area (Å²) in [6.07, 6.45) is 2.87. The molecule has 0 unspecified atom stereocenters. The number of ketones is 1. The zero-order chi connectivity index (χ0) is 15.2. The average Bonchev–Trinajstić information content (AvgIpc) is 2.48. The van der Waals surface area contributed by atoms with Gasteiger partial charge in [-0.15, -0.1) is 0 Å². The van der Waals surface area contributed by atoms with Crippen LogP contribution in [0, 0.1) is 17.0 Å². The van der Waals surface area contributed by atoms with Gasteiger partial charge >= 0.3 is 0 Å². The Hall–Kier alpha value is -2.95. The molecule has 2 rings (SSSR count). The molecule has 5 nitrogen and oxygen atoms in total. The quantitative estimate of drug-likeness (QED) is 0.392. The molecule has 0 saturated carbocycles. The molecule has 0 aliphatic rings. The molecule has 2 aromatic rings. The molecule has 2 aromatic carbocycles. The van der Waals surface area contributed by atoms with Crippen LogP contribution in [-0.4, -0.2) is 10.7 Å². The van der Waals surface area contributed by atoms with Crippen molar-refractivity contribution in [3.63, 3.8) is 0 Å². The van der Waals surface area contributed by atoms with Gasteiger partial charge in [-0.1, -0.05) is 35.9 Å². The molecule has 5 heteroatoms. The Kier molecular flexibility index (Phi) is 4.46.